The average Bonchev–Trinajstić information content (AvgIpc) is 2.71. The minimum absolute atomic E-state index is 0. The largest absolute Gasteiger partial charge is 1.00 e. The second kappa shape index (κ2) is 36.1. The third-order valence-corrected chi connectivity index (χ3v) is 6.06. The first-order valence-corrected chi connectivity index (χ1v) is 14.1. The number of hydrogen-bond donors (Lipinski definition) is 2. The summed E-state index contributed by atoms with van der Waals surface area (Å²) in [5.41, 5.74) is 0. The molecule has 0 aliphatic carbocycles. The highest BCUT2D eigenvalue weighted by Crippen LogP contribution is 2.10. The van der Waals surface area contributed by atoms with Crippen molar-refractivity contribution in [3.05, 3.63) is 0 Å². The second-order valence-electron chi connectivity index (χ2n) is 10.3. The molecule has 32 heavy (non-hydrogen) atoms. The van der Waals surface area contributed by atoms with E-state index in [2.05, 4.69) is 42.0 Å². The highest BCUT2D eigenvalue weighted by Gasteiger charge is 1.96. The van der Waals surface area contributed by atoms with Crippen LogP contribution in [0.5, 0.6) is 0 Å². The number of unbranched alkanes of at least 4 members (excludes halogenated alkanes) is 18. The summed E-state index contributed by atoms with van der Waals surface area (Å²) in [6.45, 7) is 7.26. The Morgan fingerprint density at radius 1 is 0.312 bits per heavy atom. The molecule has 0 aliphatic heterocycles. The van der Waals surface area contributed by atoms with E-state index in [1.165, 1.54) is 142 Å². The lowest BCUT2D eigenvalue weighted by molar-refractivity contribution is -0.858. The lowest BCUT2D eigenvalue weighted by Crippen LogP contribution is -3.05. The molecule has 2 N–H and O–H groups in total. The van der Waals surface area contributed by atoms with Crippen LogP contribution in [-0.2, 0) is 0 Å². The van der Waals surface area contributed by atoms with Crippen molar-refractivity contribution in [1.29, 1.82) is 0 Å². The molecule has 2 nitrogen and oxygen atoms in total. The SMILES string of the molecule is CCCCCCCCCCCC[NH+](C)C.CCCCCCCCCCCC[NH+](C)C.[Cl-].[Cl-]. The van der Waals surface area contributed by atoms with E-state index in [4.69, 9.17) is 0 Å². The van der Waals surface area contributed by atoms with Gasteiger partial charge in [-0.3, -0.25) is 0 Å². The molecule has 0 aromatic carbocycles. The number of nitrogens with one attached hydrogen (secondary N) is 2. The predicted molar refractivity (Wildman–Crippen MR) is 139 cm³/mol. The smallest absolute Gasteiger partial charge is 0.0766 e. The van der Waals surface area contributed by atoms with E-state index in [-0.39, 0.29) is 24.8 Å². The molecule has 0 aromatic rings. The number of halogens is 2. The topological polar surface area (TPSA) is 8.88 Å². The van der Waals surface area contributed by atoms with Crippen LogP contribution in [0.15, 0.2) is 0 Å². The van der Waals surface area contributed by atoms with Crippen LogP contribution in [0.25, 0.3) is 0 Å². The van der Waals surface area contributed by atoms with Gasteiger partial charge in [0, 0.05) is 0 Å². The molecule has 0 heterocycles. The molecular weight excluding hydrogens is 435 g/mol. The van der Waals surface area contributed by atoms with Gasteiger partial charge in [0.1, 0.15) is 0 Å². The van der Waals surface area contributed by atoms with E-state index in [0.29, 0.717) is 0 Å². The van der Waals surface area contributed by atoms with Gasteiger partial charge >= 0.3 is 0 Å². The van der Waals surface area contributed by atoms with Crippen LogP contribution in [-0.4, -0.2) is 41.3 Å². The first-order chi connectivity index (χ1) is 14.5. The molecule has 0 atom stereocenters. The van der Waals surface area contributed by atoms with Gasteiger partial charge in [-0.2, -0.15) is 0 Å². The van der Waals surface area contributed by atoms with Gasteiger partial charge in [-0.1, -0.05) is 117 Å². The summed E-state index contributed by atoms with van der Waals surface area (Å²) in [4.78, 5) is 3.18. The molecule has 0 bridgehead atoms. The molecule has 0 rings (SSSR count). The predicted octanol–water partition coefficient (Wildman–Crippen LogP) is 0.112. The molecule has 0 saturated heterocycles. The van der Waals surface area contributed by atoms with Crippen LogP contribution in [0.4, 0.5) is 0 Å². The van der Waals surface area contributed by atoms with Gasteiger partial charge in [0.2, 0.25) is 0 Å². The molecule has 200 valence electrons. The average molecular weight is 500 g/mol. The van der Waals surface area contributed by atoms with Crippen LogP contribution in [0.1, 0.15) is 142 Å². The summed E-state index contributed by atoms with van der Waals surface area (Å²) in [7, 11) is 8.98. The van der Waals surface area contributed by atoms with Crippen molar-refractivity contribution in [2.45, 2.75) is 142 Å². The van der Waals surface area contributed by atoms with Gasteiger partial charge in [-0.25, -0.2) is 0 Å². The Morgan fingerprint density at radius 3 is 0.688 bits per heavy atom. The van der Waals surface area contributed by atoms with Crippen LogP contribution >= 0.6 is 0 Å². The zero-order valence-corrected chi connectivity index (χ0v) is 24.8. The van der Waals surface area contributed by atoms with Crippen molar-refractivity contribution in [3.8, 4) is 0 Å². The van der Waals surface area contributed by atoms with Gasteiger partial charge in [0.25, 0.3) is 0 Å². The molecule has 0 spiro atoms. The summed E-state index contributed by atoms with van der Waals surface area (Å²) in [5.74, 6) is 0. The molecule has 0 saturated carbocycles. The molecule has 4 heteroatoms. The maximum atomic E-state index is 2.28. The van der Waals surface area contributed by atoms with Crippen molar-refractivity contribution in [2.24, 2.45) is 0 Å². The first-order valence-electron chi connectivity index (χ1n) is 14.1. The summed E-state index contributed by atoms with van der Waals surface area (Å²) in [6.07, 6.45) is 28.9. The fraction of sp³-hybridized carbons (Fsp3) is 1.00. The zero-order valence-electron chi connectivity index (χ0n) is 23.3. The van der Waals surface area contributed by atoms with E-state index < -0.39 is 0 Å². The Bertz CT molecular complexity index is 259. The molecule has 0 aromatic heterocycles. The monoisotopic (exact) mass is 498 g/mol. The fourth-order valence-corrected chi connectivity index (χ4v) is 3.93. The summed E-state index contributed by atoms with van der Waals surface area (Å²) in [5, 5.41) is 0. The fourth-order valence-electron chi connectivity index (χ4n) is 3.93. The van der Waals surface area contributed by atoms with E-state index >= 15 is 0 Å². The Morgan fingerprint density at radius 2 is 0.500 bits per heavy atom. The molecule has 0 amide bonds. The van der Waals surface area contributed by atoms with Gasteiger partial charge in [0.05, 0.1) is 41.3 Å². The standard InChI is InChI=1S/2C14H31N.2ClH/c2*1-4-5-6-7-8-9-10-11-12-13-14-15(2)3;;/h2*4-14H2,1-3H3;2*1H. The van der Waals surface area contributed by atoms with Crippen molar-refractivity contribution in [2.75, 3.05) is 41.3 Å². The lowest BCUT2D eigenvalue weighted by Gasteiger charge is -2.06. The summed E-state index contributed by atoms with van der Waals surface area (Å²) in [6, 6.07) is 0. The normalized spacial score (nSPS) is 10.5. The highest BCUT2D eigenvalue weighted by molar-refractivity contribution is 4.47. The number of hydrogen-bond acceptors (Lipinski definition) is 0. The van der Waals surface area contributed by atoms with E-state index in [0.717, 1.165) is 0 Å². The van der Waals surface area contributed by atoms with Crippen LogP contribution in [0.3, 0.4) is 0 Å². The minimum Gasteiger partial charge on any atom is -1.00 e. The Hall–Kier alpha value is 0.500. The highest BCUT2D eigenvalue weighted by atomic mass is 35.5. The molecule has 0 aliphatic rings. The number of rotatable bonds is 22. The van der Waals surface area contributed by atoms with Crippen molar-refractivity contribution in [1.82, 2.24) is 0 Å². The van der Waals surface area contributed by atoms with Crippen LogP contribution in [0, 0.1) is 0 Å². The Labute approximate surface area is 217 Å². The maximum Gasteiger partial charge on any atom is 0.0766 e. The molecule has 0 radical (unpaired) electrons. The van der Waals surface area contributed by atoms with E-state index in [1.807, 2.05) is 0 Å². The first kappa shape index (κ1) is 39.7. The van der Waals surface area contributed by atoms with Gasteiger partial charge in [-0.05, 0) is 25.7 Å². The Kier molecular flexibility index (Phi) is 44.8. The van der Waals surface area contributed by atoms with Crippen LogP contribution in [0.2, 0.25) is 0 Å². The lowest BCUT2D eigenvalue weighted by atomic mass is 10.1. The molecule has 0 fully saturated rings. The summed E-state index contributed by atoms with van der Waals surface area (Å²) < 4.78 is 0. The van der Waals surface area contributed by atoms with Crippen molar-refractivity contribution < 1.29 is 34.6 Å². The maximum absolute atomic E-state index is 2.28. The third kappa shape index (κ3) is 44.2. The van der Waals surface area contributed by atoms with Gasteiger partial charge in [-0.15, -0.1) is 0 Å². The van der Waals surface area contributed by atoms with Crippen molar-refractivity contribution in [3.63, 3.8) is 0 Å². The molecular formula is C28H64Cl2N2. The van der Waals surface area contributed by atoms with Crippen molar-refractivity contribution >= 4 is 0 Å². The quantitative estimate of drug-likeness (QED) is 0.196. The minimum atomic E-state index is 0. The van der Waals surface area contributed by atoms with E-state index in [1.54, 1.807) is 9.80 Å². The second-order valence-corrected chi connectivity index (χ2v) is 10.3. The van der Waals surface area contributed by atoms with E-state index in [9.17, 15) is 0 Å². The molecule has 0 unspecified atom stereocenters. The van der Waals surface area contributed by atoms with Gasteiger partial charge < -0.3 is 34.6 Å². The summed E-state index contributed by atoms with van der Waals surface area (Å²) >= 11 is 0. The Balaban J connectivity index is -0.000000231. The van der Waals surface area contributed by atoms with Crippen LogP contribution < -0.4 is 34.6 Å². The third-order valence-electron chi connectivity index (χ3n) is 6.06. The zero-order chi connectivity index (χ0) is 22.7. The van der Waals surface area contributed by atoms with Gasteiger partial charge in [0.15, 0.2) is 0 Å². The number of quaternary nitrogens is 2.